The van der Waals surface area contributed by atoms with Gasteiger partial charge in [0, 0.05) is 12.8 Å². The molecule has 0 rings (SSSR count). The van der Waals surface area contributed by atoms with E-state index >= 15 is 0 Å². The summed E-state index contributed by atoms with van der Waals surface area (Å²) in [7, 11) is -1.70. The van der Waals surface area contributed by atoms with Gasteiger partial charge in [-0.3, -0.25) is 9.59 Å². The first-order valence-corrected chi connectivity index (χ1v) is 18.6. The van der Waals surface area contributed by atoms with Crippen molar-refractivity contribution >= 4 is 20.3 Å². The zero-order chi connectivity index (χ0) is 32.8. The van der Waals surface area contributed by atoms with Crippen molar-refractivity contribution in [2.24, 2.45) is 0 Å². The van der Waals surface area contributed by atoms with E-state index in [4.69, 9.17) is 52.2 Å². The summed E-state index contributed by atoms with van der Waals surface area (Å²) >= 11 is 0. The first-order chi connectivity index (χ1) is 21.1. The van der Waals surface area contributed by atoms with Crippen LogP contribution in [0.1, 0.15) is 46.5 Å². The number of unbranched alkanes of at least 4 members (excludes halogenated alkanes) is 1. The minimum atomic E-state index is -1.70. The van der Waals surface area contributed by atoms with Gasteiger partial charge in [0.1, 0.15) is 6.61 Å². The Morgan fingerprint density at radius 2 is 0.795 bits per heavy atom. The van der Waals surface area contributed by atoms with Gasteiger partial charge < -0.3 is 52.2 Å². The molecule has 0 saturated carbocycles. The maximum atomic E-state index is 11.5. The largest absolute Gasteiger partial charge is 0.481 e. The molecule has 0 aliphatic carbocycles. The third kappa shape index (κ3) is 29.5. The van der Waals surface area contributed by atoms with Gasteiger partial charge >= 0.3 is 11.9 Å². The summed E-state index contributed by atoms with van der Waals surface area (Å²) in [6.45, 7) is 19.6. The maximum absolute atomic E-state index is 11.5. The van der Waals surface area contributed by atoms with Gasteiger partial charge in [-0.1, -0.05) is 20.8 Å². The molecule has 0 unspecified atom stereocenters. The van der Waals surface area contributed by atoms with Gasteiger partial charge in [-0.15, -0.1) is 0 Å². The van der Waals surface area contributed by atoms with Gasteiger partial charge in [0.25, 0.3) is 0 Å². The van der Waals surface area contributed by atoms with Crippen LogP contribution in [0.2, 0.25) is 18.1 Å². The molecule has 0 bridgehead atoms. The molecule has 0 aromatic carbocycles. The number of ether oxygens (including phenoxy) is 9. The lowest BCUT2D eigenvalue weighted by atomic mass is 10.2. The summed E-state index contributed by atoms with van der Waals surface area (Å²) in [4.78, 5) is 21.9. The first kappa shape index (κ1) is 42.8. The van der Waals surface area contributed by atoms with E-state index in [0.717, 1.165) is 0 Å². The molecule has 0 heterocycles. The average molecular weight is 657 g/mol. The van der Waals surface area contributed by atoms with E-state index in [1.165, 1.54) is 0 Å². The molecule has 1 N–H and O–H groups in total. The Kier molecular flexibility index (Phi) is 28.4. The highest BCUT2D eigenvalue weighted by Gasteiger charge is 2.36. The fourth-order valence-electron chi connectivity index (χ4n) is 3.05. The second-order valence-electron chi connectivity index (χ2n) is 11.3. The number of carbonyl (C=O) groups is 2. The smallest absolute Gasteiger partial charge is 0.305 e. The third-order valence-electron chi connectivity index (χ3n) is 6.61. The molecule has 262 valence electrons. The standard InChI is InChI=1S/C30H60O13Si/c1-30(2,3)44(4,5)43-27-25-41-23-21-39-19-17-37-15-13-35-11-10-34-12-14-36-16-18-38-20-22-40-24-26-42-29(33)9-7-6-8-28(31)32/h6-27H2,1-5H3,(H,31,32). The fraction of sp³-hybridized carbons (Fsp3) is 0.933. The molecular formula is C30H60O13Si. The molecule has 0 aromatic rings. The number of carbonyl (C=O) groups excluding carboxylic acids is 1. The maximum Gasteiger partial charge on any atom is 0.305 e. The van der Waals surface area contributed by atoms with Gasteiger partial charge in [0.2, 0.25) is 0 Å². The number of hydrogen-bond acceptors (Lipinski definition) is 12. The van der Waals surface area contributed by atoms with Crippen LogP contribution in [0.25, 0.3) is 0 Å². The summed E-state index contributed by atoms with van der Waals surface area (Å²) < 4.78 is 54.7. The van der Waals surface area contributed by atoms with Crippen molar-refractivity contribution in [3.8, 4) is 0 Å². The highest BCUT2D eigenvalue weighted by Crippen LogP contribution is 2.36. The molecular weight excluding hydrogens is 596 g/mol. The van der Waals surface area contributed by atoms with Crippen LogP contribution in [0.5, 0.6) is 0 Å². The van der Waals surface area contributed by atoms with Crippen molar-refractivity contribution in [2.45, 2.75) is 64.6 Å². The van der Waals surface area contributed by atoms with Crippen molar-refractivity contribution in [1.82, 2.24) is 0 Å². The number of carboxylic acids is 1. The number of hydrogen-bond donors (Lipinski definition) is 1. The topological polar surface area (TPSA) is 147 Å². The van der Waals surface area contributed by atoms with Gasteiger partial charge in [-0.25, -0.2) is 0 Å². The SMILES string of the molecule is CC(C)(C)[Si](C)(C)OCCOCCOCCOCCOCCOCCOCCOCCOCCOC(=O)CCCCC(=O)O. The first-order valence-electron chi connectivity index (χ1n) is 15.7. The van der Waals surface area contributed by atoms with E-state index in [-0.39, 0.29) is 37.1 Å². The normalized spacial score (nSPS) is 12.1. The molecule has 0 atom stereocenters. The Morgan fingerprint density at radius 1 is 0.500 bits per heavy atom. The van der Waals surface area contributed by atoms with E-state index < -0.39 is 14.3 Å². The Hall–Kier alpha value is -1.20. The molecule has 0 radical (unpaired) electrons. The Balaban J connectivity index is 3.18. The van der Waals surface area contributed by atoms with Crippen molar-refractivity contribution in [2.75, 3.05) is 119 Å². The minimum Gasteiger partial charge on any atom is -0.481 e. The molecule has 0 aromatic heterocycles. The molecule has 0 fully saturated rings. The molecule has 0 aliphatic heterocycles. The molecule has 14 heteroatoms. The Morgan fingerprint density at radius 3 is 1.11 bits per heavy atom. The van der Waals surface area contributed by atoms with Gasteiger partial charge in [0.05, 0.1) is 112 Å². The zero-order valence-electron chi connectivity index (χ0n) is 27.9. The van der Waals surface area contributed by atoms with E-state index in [1.54, 1.807) is 0 Å². The highest BCUT2D eigenvalue weighted by atomic mass is 28.4. The highest BCUT2D eigenvalue weighted by molar-refractivity contribution is 6.74. The van der Waals surface area contributed by atoms with Crippen molar-refractivity contribution in [1.29, 1.82) is 0 Å². The summed E-state index contributed by atoms with van der Waals surface area (Å²) in [5.41, 5.74) is 0. The van der Waals surface area contributed by atoms with Crippen LogP contribution >= 0.6 is 0 Å². The predicted molar refractivity (Wildman–Crippen MR) is 167 cm³/mol. The van der Waals surface area contributed by atoms with Gasteiger partial charge in [0.15, 0.2) is 8.32 Å². The van der Waals surface area contributed by atoms with Crippen molar-refractivity contribution in [3.63, 3.8) is 0 Å². The molecule has 0 aliphatic rings. The quantitative estimate of drug-likeness (QED) is 0.0626. The van der Waals surface area contributed by atoms with Crippen LogP contribution in [-0.4, -0.2) is 144 Å². The number of esters is 1. The number of aliphatic carboxylic acids is 1. The Bertz CT molecular complexity index is 674. The summed E-state index contributed by atoms with van der Waals surface area (Å²) in [5, 5.41) is 8.75. The van der Waals surface area contributed by atoms with Crippen LogP contribution < -0.4 is 0 Å². The van der Waals surface area contributed by atoms with Gasteiger partial charge in [-0.2, -0.15) is 0 Å². The number of carboxylic acid groups (broad SMARTS) is 1. The Labute approximate surface area is 265 Å². The predicted octanol–water partition coefficient (Wildman–Crippen LogP) is 3.33. The van der Waals surface area contributed by atoms with Crippen molar-refractivity contribution < 1.29 is 61.8 Å². The van der Waals surface area contributed by atoms with E-state index in [1.807, 2.05) is 0 Å². The third-order valence-corrected chi connectivity index (χ3v) is 11.2. The van der Waals surface area contributed by atoms with Crippen LogP contribution in [0, 0.1) is 0 Å². The van der Waals surface area contributed by atoms with E-state index in [0.29, 0.717) is 119 Å². The molecule has 0 spiro atoms. The summed E-state index contributed by atoms with van der Waals surface area (Å²) in [6.07, 6.45) is 1.25. The summed E-state index contributed by atoms with van der Waals surface area (Å²) in [6, 6.07) is 0. The number of rotatable bonds is 33. The lowest BCUT2D eigenvalue weighted by molar-refractivity contribution is -0.146. The zero-order valence-corrected chi connectivity index (χ0v) is 28.9. The van der Waals surface area contributed by atoms with Gasteiger partial charge in [-0.05, 0) is 31.0 Å². The van der Waals surface area contributed by atoms with Crippen molar-refractivity contribution in [3.05, 3.63) is 0 Å². The summed E-state index contributed by atoms with van der Waals surface area (Å²) in [5.74, 6) is -1.20. The van der Waals surface area contributed by atoms with Crippen LogP contribution in [0.4, 0.5) is 0 Å². The monoisotopic (exact) mass is 656 g/mol. The molecule has 13 nitrogen and oxygen atoms in total. The van der Waals surface area contributed by atoms with E-state index in [2.05, 4.69) is 33.9 Å². The lowest BCUT2D eigenvalue weighted by Gasteiger charge is -2.36. The van der Waals surface area contributed by atoms with Crippen LogP contribution in [0.3, 0.4) is 0 Å². The minimum absolute atomic E-state index is 0.0627. The second kappa shape index (κ2) is 29.2. The lowest BCUT2D eigenvalue weighted by Crippen LogP contribution is -2.41. The average Bonchev–Trinajstić information content (AvgIpc) is 2.96. The molecule has 0 saturated heterocycles. The second-order valence-corrected chi connectivity index (χ2v) is 16.1. The molecule has 0 amide bonds. The van der Waals surface area contributed by atoms with Crippen LogP contribution in [-0.2, 0) is 56.6 Å². The molecule has 44 heavy (non-hydrogen) atoms. The van der Waals surface area contributed by atoms with Crippen LogP contribution in [0.15, 0.2) is 0 Å². The fourth-order valence-corrected chi connectivity index (χ4v) is 4.07. The van der Waals surface area contributed by atoms with E-state index in [9.17, 15) is 9.59 Å².